The van der Waals surface area contributed by atoms with E-state index in [1.165, 1.54) is 11.3 Å². The maximum absolute atomic E-state index is 12.1. The van der Waals surface area contributed by atoms with E-state index < -0.39 is 0 Å². The van der Waals surface area contributed by atoms with Crippen molar-refractivity contribution in [2.24, 2.45) is 0 Å². The highest BCUT2D eigenvalue weighted by atomic mass is 32.1. The number of anilines is 1. The van der Waals surface area contributed by atoms with Gasteiger partial charge >= 0.3 is 0 Å². The van der Waals surface area contributed by atoms with Crippen molar-refractivity contribution in [3.05, 3.63) is 59.2 Å². The van der Waals surface area contributed by atoms with Gasteiger partial charge in [-0.3, -0.25) is 9.59 Å². The van der Waals surface area contributed by atoms with Crippen molar-refractivity contribution in [1.82, 2.24) is 14.8 Å². The summed E-state index contributed by atoms with van der Waals surface area (Å²) < 4.78 is 1.83. The summed E-state index contributed by atoms with van der Waals surface area (Å²) in [7, 11) is 1.96. The van der Waals surface area contributed by atoms with Crippen molar-refractivity contribution >= 4 is 35.7 Å². The first-order chi connectivity index (χ1) is 13.0. The first-order valence-electron chi connectivity index (χ1n) is 8.66. The van der Waals surface area contributed by atoms with Gasteiger partial charge in [0.15, 0.2) is 5.13 Å². The summed E-state index contributed by atoms with van der Waals surface area (Å²) in [6.45, 7) is 3.93. The summed E-state index contributed by atoms with van der Waals surface area (Å²) in [6, 6.07) is 9.74. The lowest BCUT2D eigenvalue weighted by atomic mass is 9.90. The SMILES string of the molecule is CC[B]n1ccc(C(=O)NCC(=O)Nc2nc(-c3cccc(C)c3)cs2)c1. The van der Waals surface area contributed by atoms with Crippen LogP contribution in [-0.4, -0.2) is 35.2 Å². The molecule has 27 heavy (non-hydrogen) atoms. The molecule has 2 amide bonds. The Kier molecular flexibility index (Phi) is 6.08. The molecular formula is C19H20BN4O2S. The highest BCUT2D eigenvalue weighted by Crippen LogP contribution is 2.25. The lowest BCUT2D eigenvalue weighted by Gasteiger charge is -2.04. The second-order valence-corrected chi connectivity index (χ2v) is 6.93. The molecule has 0 saturated heterocycles. The summed E-state index contributed by atoms with van der Waals surface area (Å²) in [5, 5.41) is 7.75. The average molecular weight is 379 g/mol. The Morgan fingerprint density at radius 3 is 2.93 bits per heavy atom. The minimum Gasteiger partial charge on any atom is -0.402 e. The number of nitrogens with zero attached hydrogens (tertiary/aromatic N) is 2. The van der Waals surface area contributed by atoms with Crippen LogP contribution in [0, 0.1) is 6.92 Å². The second kappa shape index (κ2) is 8.68. The van der Waals surface area contributed by atoms with Gasteiger partial charge in [-0.25, -0.2) is 4.98 Å². The zero-order valence-electron chi connectivity index (χ0n) is 15.2. The topological polar surface area (TPSA) is 76.0 Å². The Labute approximate surface area is 162 Å². The third kappa shape index (κ3) is 5.07. The number of aryl methyl sites for hydroxylation is 1. The van der Waals surface area contributed by atoms with Gasteiger partial charge in [0.1, 0.15) is 0 Å². The van der Waals surface area contributed by atoms with Crippen molar-refractivity contribution in [3.8, 4) is 11.3 Å². The number of carbonyl (C=O) groups excluding carboxylic acids is 2. The molecule has 0 atom stereocenters. The van der Waals surface area contributed by atoms with Crippen LogP contribution in [0.25, 0.3) is 11.3 Å². The van der Waals surface area contributed by atoms with E-state index in [0.29, 0.717) is 10.7 Å². The van der Waals surface area contributed by atoms with Crippen LogP contribution in [-0.2, 0) is 4.79 Å². The summed E-state index contributed by atoms with van der Waals surface area (Å²) in [6.07, 6.45) is 4.41. The molecule has 0 unspecified atom stereocenters. The Balaban J connectivity index is 1.52. The molecule has 0 aliphatic heterocycles. The standard InChI is InChI=1S/C19H20BN4O2S/c1-3-20-24-8-7-15(11-24)18(26)21-10-17(25)23-19-22-16(12-27-19)14-6-4-5-13(2)9-14/h4-9,11-12H,3,10H2,1-2H3,(H,21,26)(H,22,23,25). The first kappa shape index (κ1) is 18.9. The largest absolute Gasteiger partial charge is 0.402 e. The van der Waals surface area contributed by atoms with E-state index in [1.54, 1.807) is 18.5 Å². The minimum atomic E-state index is -0.312. The summed E-state index contributed by atoms with van der Waals surface area (Å²) in [5.74, 6) is -0.596. The number of hydrogen-bond acceptors (Lipinski definition) is 4. The third-order valence-corrected chi connectivity index (χ3v) is 4.60. The van der Waals surface area contributed by atoms with Gasteiger partial charge in [-0.1, -0.05) is 37.0 Å². The van der Waals surface area contributed by atoms with E-state index in [0.717, 1.165) is 23.1 Å². The number of rotatable bonds is 7. The fourth-order valence-electron chi connectivity index (χ4n) is 2.57. The molecule has 137 valence electrons. The quantitative estimate of drug-likeness (QED) is 0.619. The van der Waals surface area contributed by atoms with Gasteiger partial charge in [0.2, 0.25) is 5.91 Å². The van der Waals surface area contributed by atoms with Gasteiger partial charge in [0.25, 0.3) is 13.3 Å². The summed E-state index contributed by atoms with van der Waals surface area (Å²) in [4.78, 5) is 28.6. The number of amides is 2. The molecule has 0 aliphatic carbocycles. The number of benzene rings is 1. The van der Waals surface area contributed by atoms with E-state index in [1.807, 2.05) is 55.4 Å². The van der Waals surface area contributed by atoms with Crippen LogP contribution in [0.4, 0.5) is 5.13 Å². The van der Waals surface area contributed by atoms with Crippen LogP contribution < -0.4 is 10.6 Å². The maximum Gasteiger partial charge on any atom is 0.253 e. The molecule has 1 radical (unpaired) electrons. The Bertz CT molecular complexity index is 951. The molecule has 0 saturated carbocycles. The highest BCUT2D eigenvalue weighted by Gasteiger charge is 2.11. The van der Waals surface area contributed by atoms with Gasteiger partial charge in [0.05, 0.1) is 17.8 Å². The fraction of sp³-hybridized carbons (Fsp3) is 0.211. The number of thiazole rings is 1. The van der Waals surface area contributed by atoms with Crippen molar-refractivity contribution in [2.45, 2.75) is 20.2 Å². The fourth-order valence-corrected chi connectivity index (χ4v) is 3.30. The van der Waals surface area contributed by atoms with Crippen LogP contribution in [0.15, 0.2) is 48.1 Å². The van der Waals surface area contributed by atoms with Gasteiger partial charge in [-0.05, 0) is 25.3 Å². The molecule has 0 fully saturated rings. The second-order valence-electron chi connectivity index (χ2n) is 6.08. The van der Waals surface area contributed by atoms with E-state index >= 15 is 0 Å². The molecule has 2 heterocycles. The molecule has 0 bridgehead atoms. The van der Waals surface area contributed by atoms with Crippen molar-refractivity contribution in [1.29, 1.82) is 0 Å². The van der Waals surface area contributed by atoms with E-state index in [2.05, 4.69) is 15.6 Å². The number of aromatic nitrogens is 2. The Morgan fingerprint density at radius 1 is 1.30 bits per heavy atom. The zero-order valence-corrected chi connectivity index (χ0v) is 16.0. The predicted octanol–water partition coefficient (Wildman–Crippen LogP) is 3.19. The van der Waals surface area contributed by atoms with Gasteiger partial charge in [-0.15, -0.1) is 11.3 Å². The summed E-state index contributed by atoms with van der Waals surface area (Å²) in [5.41, 5.74) is 3.49. The summed E-state index contributed by atoms with van der Waals surface area (Å²) >= 11 is 1.35. The molecule has 1 aromatic carbocycles. The van der Waals surface area contributed by atoms with E-state index in [-0.39, 0.29) is 18.4 Å². The molecule has 0 aliphatic rings. The molecular weight excluding hydrogens is 359 g/mol. The molecule has 2 N–H and O–H groups in total. The van der Waals surface area contributed by atoms with Gasteiger partial charge < -0.3 is 15.1 Å². The van der Waals surface area contributed by atoms with Crippen LogP contribution in [0.3, 0.4) is 0 Å². The van der Waals surface area contributed by atoms with E-state index in [4.69, 9.17) is 0 Å². The van der Waals surface area contributed by atoms with Crippen LogP contribution >= 0.6 is 11.3 Å². The molecule has 0 spiro atoms. The highest BCUT2D eigenvalue weighted by molar-refractivity contribution is 7.14. The van der Waals surface area contributed by atoms with Crippen LogP contribution in [0.5, 0.6) is 0 Å². The maximum atomic E-state index is 12.1. The molecule has 3 aromatic rings. The van der Waals surface area contributed by atoms with Crippen molar-refractivity contribution < 1.29 is 9.59 Å². The third-order valence-electron chi connectivity index (χ3n) is 3.84. The molecule has 6 nitrogen and oxygen atoms in total. The monoisotopic (exact) mass is 379 g/mol. The number of hydrogen-bond donors (Lipinski definition) is 2. The molecule has 8 heteroatoms. The minimum absolute atomic E-state index is 0.110. The molecule has 2 aromatic heterocycles. The average Bonchev–Trinajstić information content (AvgIpc) is 3.30. The smallest absolute Gasteiger partial charge is 0.253 e. The zero-order chi connectivity index (χ0) is 19.2. The van der Waals surface area contributed by atoms with E-state index in [9.17, 15) is 9.59 Å². The number of nitrogens with one attached hydrogen (secondary N) is 2. The van der Waals surface area contributed by atoms with Gasteiger partial charge in [0, 0.05) is 17.1 Å². The Morgan fingerprint density at radius 2 is 2.15 bits per heavy atom. The van der Waals surface area contributed by atoms with Crippen molar-refractivity contribution in [2.75, 3.05) is 11.9 Å². The van der Waals surface area contributed by atoms with Crippen LogP contribution in [0.1, 0.15) is 22.8 Å². The van der Waals surface area contributed by atoms with Crippen molar-refractivity contribution in [3.63, 3.8) is 0 Å². The number of carbonyl (C=O) groups is 2. The first-order valence-corrected chi connectivity index (χ1v) is 9.54. The predicted molar refractivity (Wildman–Crippen MR) is 109 cm³/mol. The normalized spacial score (nSPS) is 10.4. The van der Waals surface area contributed by atoms with Crippen LogP contribution in [0.2, 0.25) is 6.32 Å². The lowest BCUT2D eigenvalue weighted by molar-refractivity contribution is -0.115. The van der Waals surface area contributed by atoms with Gasteiger partial charge in [-0.2, -0.15) is 0 Å². The lowest BCUT2D eigenvalue weighted by Crippen LogP contribution is -2.32. The Hall–Kier alpha value is -2.87. The molecule has 3 rings (SSSR count).